The van der Waals surface area contributed by atoms with Crippen LogP contribution in [-0.2, 0) is 4.79 Å². The second-order valence-corrected chi connectivity index (χ2v) is 6.03. The lowest BCUT2D eigenvalue weighted by molar-refractivity contribution is -0.116. The van der Waals surface area contributed by atoms with Gasteiger partial charge < -0.3 is 15.3 Å². The number of nitrogens with one attached hydrogen (secondary N) is 1. The van der Waals surface area contributed by atoms with Gasteiger partial charge in [-0.15, -0.1) is 0 Å². The Morgan fingerprint density at radius 1 is 1.45 bits per heavy atom. The van der Waals surface area contributed by atoms with Gasteiger partial charge >= 0.3 is 0 Å². The standard InChI is InChI=1S/C16H21FN2O3/c1-10(2)7-15(21)18-14-4-3-11(8-13(14)17)16(22)19-6-5-12(20)9-19/h3-4,8,10,12,20H,5-7,9H2,1-2H3,(H,18,21)/t12-/m1/s1. The van der Waals surface area contributed by atoms with E-state index < -0.39 is 11.9 Å². The molecule has 2 rings (SSSR count). The Hall–Kier alpha value is -1.95. The maximum absolute atomic E-state index is 14.0. The molecule has 0 saturated carbocycles. The van der Waals surface area contributed by atoms with E-state index in [1.165, 1.54) is 17.0 Å². The van der Waals surface area contributed by atoms with Crippen molar-refractivity contribution in [1.29, 1.82) is 0 Å². The van der Waals surface area contributed by atoms with Crippen LogP contribution in [-0.4, -0.2) is 41.0 Å². The van der Waals surface area contributed by atoms with Gasteiger partial charge in [0.25, 0.3) is 5.91 Å². The van der Waals surface area contributed by atoms with Crippen molar-refractivity contribution in [2.24, 2.45) is 5.92 Å². The number of β-amino-alcohol motifs (C(OH)–C–C–N with tert-alkyl or cyclic N) is 1. The van der Waals surface area contributed by atoms with E-state index in [9.17, 15) is 19.1 Å². The highest BCUT2D eigenvalue weighted by Crippen LogP contribution is 2.19. The van der Waals surface area contributed by atoms with Gasteiger partial charge in [-0.1, -0.05) is 13.8 Å². The van der Waals surface area contributed by atoms with Crippen molar-refractivity contribution in [2.75, 3.05) is 18.4 Å². The monoisotopic (exact) mass is 308 g/mol. The highest BCUT2D eigenvalue weighted by molar-refractivity contribution is 5.96. The molecule has 22 heavy (non-hydrogen) atoms. The first-order valence-electron chi connectivity index (χ1n) is 7.43. The van der Waals surface area contributed by atoms with Crippen LogP contribution in [0, 0.1) is 11.7 Å². The molecule has 0 radical (unpaired) electrons. The zero-order chi connectivity index (χ0) is 16.3. The molecule has 1 saturated heterocycles. The SMILES string of the molecule is CC(C)CC(=O)Nc1ccc(C(=O)N2CC[C@@H](O)C2)cc1F. The molecule has 0 aliphatic carbocycles. The van der Waals surface area contributed by atoms with E-state index in [-0.39, 0.29) is 35.5 Å². The normalized spacial score (nSPS) is 17.9. The van der Waals surface area contributed by atoms with E-state index in [1.54, 1.807) is 0 Å². The first kappa shape index (κ1) is 16.4. The summed E-state index contributed by atoms with van der Waals surface area (Å²) in [5, 5.41) is 12.0. The largest absolute Gasteiger partial charge is 0.391 e. The first-order chi connectivity index (χ1) is 10.4. The number of halogens is 1. The summed E-state index contributed by atoms with van der Waals surface area (Å²) >= 11 is 0. The molecular formula is C16H21FN2O3. The van der Waals surface area contributed by atoms with Crippen LogP contribution in [0.3, 0.4) is 0 Å². The van der Waals surface area contributed by atoms with Crippen molar-refractivity contribution < 1.29 is 19.1 Å². The lowest BCUT2D eigenvalue weighted by atomic mass is 10.1. The molecular weight excluding hydrogens is 287 g/mol. The minimum Gasteiger partial charge on any atom is -0.391 e. The molecule has 1 aromatic rings. The Kier molecular flexibility index (Phi) is 5.13. The van der Waals surface area contributed by atoms with E-state index in [0.29, 0.717) is 19.4 Å². The maximum atomic E-state index is 14.0. The van der Waals surface area contributed by atoms with Crippen LogP contribution in [0.15, 0.2) is 18.2 Å². The van der Waals surface area contributed by atoms with E-state index >= 15 is 0 Å². The van der Waals surface area contributed by atoms with E-state index in [4.69, 9.17) is 0 Å². The third-order valence-corrected chi connectivity index (χ3v) is 3.53. The minimum atomic E-state index is -0.636. The molecule has 1 fully saturated rings. The molecule has 1 heterocycles. The zero-order valence-corrected chi connectivity index (χ0v) is 12.8. The predicted molar refractivity (Wildman–Crippen MR) is 81.0 cm³/mol. The minimum absolute atomic E-state index is 0.0728. The molecule has 0 unspecified atom stereocenters. The maximum Gasteiger partial charge on any atom is 0.254 e. The zero-order valence-electron chi connectivity index (χ0n) is 12.8. The summed E-state index contributed by atoms with van der Waals surface area (Å²) in [6.45, 7) is 4.55. The van der Waals surface area contributed by atoms with Crippen LogP contribution < -0.4 is 5.32 Å². The molecule has 1 aliphatic heterocycles. The van der Waals surface area contributed by atoms with Gasteiger partial charge in [-0.25, -0.2) is 4.39 Å². The summed E-state index contributed by atoms with van der Waals surface area (Å²) in [5.41, 5.74) is 0.289. The predicted octanol–water partition coefficient (Wildman–Crippen LogP) is 2.02. The first-order valence-corrected chi connectivity index (χ1v) is 7.43. The summed E-state index contributed by atoms with van der Waals surface area (Å²) in [7, 11) is 0. The third-order valence-electron chi connectivity index (χ3n) is 3.53. The van der Waals surface area contributed by atoms with Crippen LogP contribution in [0.4, 0.5) is 10.1 Å². The number of nitrogens with zero attached hydrogens (tertiary/aromatic N) is 1. The van der Waals surface area contributed by atoms with Gasteiger partial charge in [0.15, 0.2) is 0 Å². The summed E-state index contributed by atoms with van der Waals surface area (Å²) in [6, 6.07) is 4.01. The van der Waals surface area contributed by atoms with Gasteiger partial charge in [-0.05, 0) is 30.5 Å². The topological polar surface area (TPSA) is 69.6 Å². The van der Waals surface area contributed by atoms with Crippen LogP contribution >= 0.6 is 0 Å². The number of benzene rings is 1. The van der Waals surface area contributed by atoms with Gasteiger partial charge in [0.05, 0.1) is 11.8 Å². The average molecular weight is 308 g/mol. The molecule has 0 bridgehead atoms. The molecule has 120 valence electrons. The Morgan fingerprint density at radius 3 is 2.73 bits per heavy atom. The molecule has 5 nitrogen and oxygen atoms in total. The Balaban J connectivity index is 2.06. The van der Waals surface area contributed by atoms with Crippen molar-refractivity contribution in [2.45, 2.75) is 32.8 Å². The summed E-state index contributed by atoms with van der Waals surface area (Å²) < 4.78 is 14.0. The summed E-state index contributed by atoms with van der Waals surface area (Å²) in [5.74, 6) is -1.01. The molecule has 2 amide bonds. The number of anilines is 1. The smallest absolute Gasteiger partial charge is 0.254 e. The second kappa shape index (κ2) is 6.87. The third kappa shape index (κ3) is 4.04. The summed E-state index contributed by atoms with van der Waals surface area (Å²) in [4.78, 5) is 25.3. The average Bonchev–Trinajstić information content (AvgIpc) is 2.86. The number of aliphatic hydroxyl groups is 1. The van der Waals surface area contributed by atoms with Crippen molar-refractivity contribution in [3.8, 4) is 0 Å². The quantitative estimate of drug-likeness (QED) is 0.894. The molecule has 1 aliphatic rings. The van der Waals surface area contributed by atoms with Crippen LogP contribution in [0.25, 0.3) is 0 Å². The van der Waals surface area contributed by atoms with E-state index in [2.05, 4.69) is 5.32 Å². The Labute approximate surface area is 129 Å². The fourth-order valence-corrected chi connectivity index (χ4v) is 2.43. The molecule has 1 aromatic carbocycles. The van der Waals surface area contributed by atoms with Crippen molar-refractivity contribution >= 4 is 17.5 Å². The number of rotatable bonds is 4. The van der Waals surface area contributed by atoms with Gasteiger partial charge in [-0.2, -0.15) is 0 Å². The number of amides is 2. The van der Waals surface area contributed by atoms with E-state index in [0.717, 1.165) is 6.07 Å². The second-order valence-electron chi connectivity index (χ2n) is 6.03. The lowest BCUT2D eigenvalue weighted by Crippen LogP contribution is -2.29. The number of carbonyl (C=O) groups excluding carboxylic acids is 2. The molecule has 0 spiro atoms. The fraction of sp³-hybridized carbons (Fsp3) is 0.500. The molecule has 2 N–H and O–H groups in total. The Bertz CT molecular complexity index is 575. The summed E-state index contributed by atoms with van der Waals surface area (Å²) in [6.07, 6.45) is 0.340. The van der Waals surface area contributed by atoms with Gasteiger partial charge in [0.2, 0.25) is 5.91 Å². The van der Waals surface area contributed by atoms with Crippen LogP contribution in [0.5, 0.6) is 0 Å². The van der Waals surface area contributed by atoms with Crippen LogP contribution in [0.2, 0.25) is 0 Å². The molecule has 6 heteroatoms. The molecule has 0 aromatic heterocycles. The van der Waals surface area contributed by atoms with Crippen molar-refractivity contribution in [3.63, 3.8) is 0 Å². The van der Waals surface area contributed by atoms with Gasteiger partial charge in [0, 0.05) is 25.1 Å². The number of hydrogen-bond donors (Lipinski definition) is 2. The fourth-order valence-electron chi connectivity index (χ4n) is 2.43. The number of hydrogen-bond acceptors (Lipinski definition) is 3. The van der Waals surface area contributed by atoms with Gasteiger partial charge in [0.1, 0.15) is 5.82 Å². The van der Waals surface area contributed by atoms with Gasteiger partial charge in [-0.3, -0.25) is 9.59 Å². The number of carbonyl (C=O) groups is 2. The Morgan fingerprint density at radius 2 is 2.18 bits per heavy atom. The van der Waals surface area contributed by atoms with Crippen LogP contribution in [0.1, 0.15) is 37.0 Å². The molecule has 1 atom stereocenters. The highest BCUT2D eigenvalue weighted by Gasteiger charge is 2.25. The van der Waals surface area contributed by atoms with E-state index in [1.807, 2.05) is 13.8 Å². The van der Waals surface area contributed by atoms with Crippen molar-refractivity contribution in [3.05, 3.63) is 29.6 Å². The number of aliphatic hydroxyl groups excluding tert-OH is 1. The highest BCUT2D eigenvalue weighted by atomic mass is 19.1. The van der Waals surface area contributed by atoms with Crippen molar-refractivity contribution in [1.82, 2.24) is 4.90 Å². The lowest BCUT2D eigenvalue weighted by Gasteiger charge is -2.16. The number of likely N-dealkylation sites (tertiary alicyclic amines) is 1.